The second kappa shape index (κ2) is 5.89. The van der Waals surface area contributed by atoms with E-state index in [9.17, 15) is 4.79 Å². The van der Waals surface area contributed by atoms with Crippen molar-refractivity contribution < 1.29 is 10.0 Å². The number of aryl methyl sites for hydroxylation is 1. The van der Waals surface area contributed by atoms with Gasteiger partial charge in [0.05, 0.1) is 6.54 Å². The van der Waals surface area contributed by atoms with Crippen LogP contribution in [0.25, 0.3) is 0 Å². The largest absolute Gasteiger partial charge is 0.409 e. The lowest BCUT2D eigenvalue weighted by Gasteiger charge is -2.16. The van der Waals surface area contributed by atoms with E-state index in [2.05, 4.69) is 12.1 Å². The van der Waals surface area contributed by atoms with Crippen molar-refractivity contribution in [2.24, 2.45) is 10.9 Å². The molecule has 0 spiro atoms. The Balaban J connectivity index is 2.74. The molecule has 17 heavy (non-hydrogen) atoms. The average molecular weight is 235 g/mol. The van der Waals surface area contributed by atoms with E-state index in [0.29, 0.717) is 5.56 Å². The third kappa shape index (κ3) is 3.48. The highest BCUT2D eigenvalue weighted by Crippen LogP contribution is 2.07. The molecule has 0 fully saturated rings. The van der Waals surface area contributed by atoms with Crippen LogP contribution in [-0.2, 0) is 6.42 Å². The standard InChI is InChI=1S/C12H17N3O2/c1-3-9-4-6-10(7-5-9)12(16)15(2)8-11(13)14-17/h4-7,17H,3,8H2,1-2H3,(H2,13,14). The summed E-state index contributed by atoms with van der Waals surface area (Å²) in [6.07, 6.45) is 0.939. The molecule has 92 valence electrons. The third-order valence-corrected chi connectivity index (χ3v) is 2.48. The molecule has 0 radical (unpaired) electrons. The Kier molecular flexibility index (Phi) is 4.51. The van der Waals surface area contributed by atoms with Gasteiger partial charge in [-0.1, -0.05) is 24.2 Å². The van der Waals surface area contributed by atoms with Gasteiger partial charge in [0.2, 0.25) is 0 Å². The van der Waals surface area contributed by atoms with E-state index >= 15 is 0 Å². The van der Waals surface area contributed by atoms with E-state index in [1.54, 1.807) is 19.2 Å². The molecule has 1 aromatic carbocycles. The van der Waals surface area contributed by atoms with Crippen LogP contribution in [0.1, 0.15) is 22.8 Å². The molecule has 0 aliphatic heterocycles. The second-order valence-electron chi connectivity index (χ2n) is 3.80. The Morgan fingerprint density at radius 1 is 1.41 bits per heavy atom. The molecule has 0 aromatic heterocycles. The van der Waals surface area contributed by atoms with Crippen LogP contribution in [-0.4, -0.2) is 35.4 Å². The van der Waals surface area contributed by atoms with Crippen LogP contribution in [0.4, 0.5) is 0 Å². The summed E-state index contributed by atoms with van der Waals surface area (Å²) >= 11 is 0. The Hall–Kier alpha value is -2.04. The van der Waals surface area contributed by atoms with E-state index in [0.717, 1.165) is 6.42 Å². The van der Waals surface area contributed by atoms with Gasteiger partial charge in [-0.15, -0.1) is 0 Å². The fourth-order valence-corrected chi connectivity index (χ4v) is 1.45. The summed E-state index contributed by atoms with van der Waals surface area (Å²) in [4.78, 5) is 13.3. The maximum atomic E-state index is 11.9. The molecular formula is C12H17N3O2. The molecule has 0 unspecified atom stereocenters. The number of likely N-dealkylation sites (N-methyl/N-ethyl adjacent to an activating group) is 1. The van der Waals surface area contributed by atoms with Crippen molar-refractivity contribution in [3.63, 3.8) is 0 Å². The summed E-state index contributed by atoms with van der Waals surface area (Å²) in [5.74, 6) is -0.148. The monoisotopic (exact) mass is 235 g/mol. The fraction of sp³-hybridized carbons (Fsp3) is 0.333. The fourth-order valence-electron chi connectivity index (χ4n) is 1.45. The van der Waals surface area contributed by atoms with Gasteiger partial charge in [-0.2, -0.15) is 0 Å². The van der Waals surface area contributed by atoms with Crippen LogP contribution >= 0.6 is 0 Å². The van der Waals surface area contributed by atoms with Crippen LogP contribution in [0.15, 0.2) is 29.4 Å². The van der Waals surface area contributed by atoms with Crippen LogP contribution in [0.2, 0.25) is 0 Å². The predicted molar refractivity (Wildman–Crippen MR) is 66.2 cm³/mol. The molecule has 5 nitrogen and oxygen atoms in total. The quantitative estimate of drug-likeness (QED) is 0.354. The highest BCUT2D eigenvalue weighted by molar-refractivity contribution is 5.96. The maximum absolute atomic E-state index is 11.9. The zero-order chi connectivity index (χ0) is 12.8. The molecule has 1 rings (SSSR count). The highest BCUT2D eigenvalue weighted by Gasteiger charge is 2.12. The predicted octanol–water partition coefficient (Wildman–Crippen LogP) is 1.07. The molecular weight excluding hydrogens is 218 g/mol. The van der Waals surface area contributed by atoms with Crippen molar-refractivity contribution in [1.29, 1.82) is 0 Å². The summed E-state index contributed by atoms with van der Waals surface area (Å²) in [5.41, 5.74) is 7.12. The molecule has 0 atom stereocenters. The minimum Gasteiger partial charge on any atom is -0.409 e. The van der Waals surface area contributed by atoms with Crippen molar-refractivity contribution >= 4 is 11.7 Å². The van der Waals surface area contributed by atoms with E-state index < -0.39 is 0 Å². The number of carbonyl (C=O) groups excluding carboxylic acids is 1. The lowest BCUT2D eigenvalue weighted by Crippen LogP contribution is -2.35. The maximum Gasteiger partial charge on any atom is 0.254 e. The summed E-state index contributed by atoms with van der Waals surface area (Å²) in [7, 11) is 1.61. The van der Waals surface area contributed by atoms with Crippen LogP contribution < -0.4 is 5.73 Å². The number of hydrogen-bond donors (Lipinski definition) is 2. The van der Waals surface area contributed by atoms with Gasteiger partial charge in [0.25, 0.3) is 5.91 Å². The Labute approximate surface area is 101 Å². The first-order valence-electron chi connectivity index (χ1n) is 5.39. The first-order valence-corrected chi connectivity index (χ1v) is 5.39. The SMILES string of the molecule is CCc1ccc(C(=O)N(C)CC(N)=NO)cc1. The first-order chi connectivity index (χ1) is 8.08. The topological polar surface area (TPSA) is 78.9 Å². The Morgan fingerprint density at radius 2 is 2.00 bits per heavy atom. The molecule has 0 saturated carbocycles. The summed E-state index contributed by atoms with van der Waals surface area (Å²) in [6.45, 7) is 2.16. The third-order valence-electron chi connectivity index (χ3n) is 2.48. The molecule has 0 aliphatic rings. The van der Waals surface area contributed by atoms with E-state index in [1.165, 1.54) is 10.5 Å². The number of amidine groups is 1. The highest BCUT2D eigenvalue weighted by atomic mass is 16.4. The van der Waals surface area contributed by atoms with Crippen molar-refractivity contribution in [2.45, 2.75) is 13.3 Å². The molecule has 0 aliphatic carbocycles. The van der Waals surface area contributed by atoms with Crippen molar-refractivity contribution in [3.05, 3.63) is 35.4 Å². The summed E-state index contributed by atoms with van der Waals surface area (Å²) in [5, 5.41) is 11.3. The van der Waals surface area contributed by atoms with E-state index in [4.69, 9.17) is 10.9 Å². The van der Waals surface area contributed by atoms with Crippen molar-refractivity contribution in [1.82, 2.24) is 4.90 Å². The zero-order valence-corrected chi connectivity index (χ0v) is 10.1. The van der Waals surface area contributed by atoms with Crippen LogP contribution in [0, 0.1) is 0 Å². The van der Waals surface area contributed by atoms with E-state index in [-0.39, 0.29) is 18.3 Å². The number of hydrogen-bond acceptors (Lipinski definition) is 3. The normalized spacial score (nSPS) is 11.3. The van der Waals surface area contributed by atoms with Gasteiger partial charge < -0.3 is 15.8 Å². The summed E-state index contributed by atoms with van der Waals surface area (Å²) in [6, 6.07) is 7.41. The second-order valence-corrected chi connectivity index (χ2v) is 3.80. The number of amides is 1. The van der Waals surface area contributed by atoms with Crippen molar-refractivity contribution in [3.8, 4) is 0 Å². The van der Waals surface area contributed by atoms with Gasteiger partial charge in [0.1, 0.15) is 0 Å². The number of nitrogens with zero attached hydrogens (tertiary/aromatic N) is 2. The number of oxime groups is 1. The van der Waals surface area contributed by atoms with Crippen LogP contribution in [0.5, 0.6) is 0 Å². The lowest BCUT2D eigenvalue weighted by atomic mass is 10.1. The molecule has 5 heteroatoms. The zero-order valence-electron chi connectivity index (χ0n) is 10.1. The molecule has 0 saturated heterocycles. The van der Waals surface area contributed by atoms with Gasteiger partial charge in [-0.05, 0) is 24.1 Å². The molecule has 1 aromatic rings. The lowest BCUT2D eigenvalue weighted by molar-refractivity contribution is 0.0813. The number of benzene rings is 1. The van der Waals surface area contributed by atoms with Gasteiger partial charge in [0, 0.05) is 12.6 Å². The first kappa shape index (κ1) is 13.0. The average Bonchev–Trinajstić information content (AvgIpc) is 2.37. The van der Waals surface area contributed by atoms with Gasteiger partial charge >= 0.3 is 0 Å². The Bertz CT molecular complexity index is 412. The molecule has 1 amide bonds. The van der Waals surface area contributed by atoms with Crippen LogP contribution in [0.3, 0.4) is 0 Å². The molecule has 3 N–H and O–H groups in total. The van der Waals surface area contributed by atoms with Gasteiger partial charge in [-0.3, -0.25) is 4.79 Å². The van der Waals surface area contributed by atoms with Gasteiger partial charge in [0.15, 0.2) is 5.84 Å². The Morgan fingerprint density at radius 3 is 2.47 bits per heavy atom. The minimum absolute atomic E-state index is 0.00558. The number of nitrogens with two attached hydrogens (primary N) is 1. The number of rotatable bonds is 4. The van der Waals surface area contributed by atoms with Crippen molar-refractivity contribution in [2.75, 3.05) is 13.6 Å². The molecule has 0 heterocycles. The number of carbonyl (C=O) groups is 1. The minimum atomic E-state index is -0.153. The van der Waals surface area contributed by atoms with E-state index in [1.807, 2.05) is 12.1 Å². The summed E-state index contributed by atoms with van der Waals surface area (Å²) < 4.78 is 0. The van der Waals surface area contributed by atoms with Gasteiger partial charge in [-0.25, -0.2) is 0 Å². The smallest absolute Gasteiger partial charge is 0.254 e. The molecule has 0 bridgehead atoms.